The minimum Gasteiger partial charge on any atom is -0.464 e. The van der Waals surface area contributed by atoms with Crippen molar-refractivity contribution in [2.75, 3.05) is 45.2 Å². The first-order chi connectivity index (χ1) is 15.5. The van der Waals surface area contributed by atoms with Crippen molar-refractivity contribution in [3.05, 3.63) is 42.4 Å². The molecule has 0 atom stereocenters. The van der Waals surface area contributed by atoms with Crippen LogP contribution in [-0.4, -0.2) is 73.4 Å². The third-order valence-electron chi connectivity index (χ3n) is 5.52. The molecule has 0 unspecified atom stereocenters. The molecule has 12 heteroatoms. The van der Waals surface area contributed by atoms with Gasteiger partial charge >= 0.3 is 6.18 Å². The predicted molar refractivity (Wildman–Crippen MR) is 118 cm³/mol. The standard InChI is InChI=1S/C21H24F3N5O3S/c1-27(2)33(30,31)29-10-8-28(9-11-29)20-19(16-3-4-18-15(13-16)6-12-32-18)25-14-17(26-20)5-7-21(22,23)24/h3-4,6,12-14H,5,7-11H2,1-2H3. The van der Waals surface area contributed by atoms with Crippen molar-refractivity contribution < 1.29 is 26.0 Å². The van der Waals surface area contributed by atoms with Crippen molar-refractivity contribution in [1.29, 1.82) is 0 Å². The van der Waals surface area contributed by atoms with E-state index in [0.717, 1.165) is 15.3 Å². The number of aryl methyl sites for hydroxylation is 1. The second-order valence-corrected chi connectivity index (χ2v) is 10.1. The van der Waals surface area contributed by atoms with E-state index < -0.39 is 22.8 Å². The molecule has 2 aromatic heterocycles. The quantitative estimate of drug-likeness (QED) is 0.535. The molecule has 3 aromatic rings. The van der Waals surface area contributed by atoms with E-state index in [-0.39, 0.29) is 25.2 Å². The van der Waals surface area contributed by atoms with Gasteiger partial charge in [0.2, 0.25) is 0 Å². The maximum absolute atomic E-state index is 12.7. The van der Waals surface area contributed by atoms with Crippen LogP contribution in [0.1, 0.15) is 12.1 Å². The number of fused-ring (bicyclic) bond motifs is 1. The van der Waals surface area contributed by atoms with Gasteiger partial charge in [0.1, 0.15) is 11.3 Å². The van der Waals surface area contributed by atoms with Gasteiger partial charge in [-0.15, -0.1) is 0 Å². The molecule has 0 spiro atoms. The highest BCUT2D eigenvalue weighted by molar-refractivity contribution is 7.86. The summed E-state index contributed by atoms with van der Waals surface area (Å²) >= 11 is 0. The summed E-state index contributed by atoms with van der Waals surface area (Å²) in [5, 5.41) is 0.864. The molecule has 0 amide bonds. The molecule has 0 radical (unpaired) electrons. The van der Waals surface area contributed by atoms with Crippen molar-refractivity contribution in [3.8, 4) is 11.3 Å². The first-order valence-corrected chi connectivity index (χ1v) is 11.8. The number of anilines is 1. The molecule has 1 aliphatic heterocycles. The van der Waals surface area contributed by atoms with Crippen molar-refractivity contribution in [3.63, 3.8) is 0 Å². The fourth-order valence-corrected chi connectivity index (χ4v) is 4.79. The Morgan fingerprint density at radius 1 is 1.12 bits per heavy atom. The Bertz CT molecular complexity index is 1240. The first kappa shape index (κ1) is 23.5. The van der Waals surface area contributed by atoms with E-state index in [1.807, 2.05) is 23.1 Å². The van der Waals surface area contributed by atoms with Crippen molar-refractivity contribution in [1.82, 2.24) is 18.6 Å². The van der Waals surface area contributed by atoms with Crippen LogP contribution in [0.2, 0.25) is 0 Å². The lowest BCUT2D eigenvalue weighted by Gasteiger charge is -2.36. The summed E-state index contributed by atoms with van der Waals surface area (Å²) < 4.78 is 71.0. The van der Waals surface area contributed by atoms with Gasteiger partial charge in [-0.3, -0.25) is 4.98 Å². The molecule has 0 N–H and O–H groups in total. The molecule has 178 valence electrons. The van der Waals surface area contributed by atoms with Crippen molar-refractivity contribution >= 4 is 27.0 Å². The van der Waals surface area contributed by atoms with Gasteiger partial charge < -0.3 is 9.32 Å². The Balaban J connectivity index is 1.66. The van der Waals surface area contributed by atoms with Gasteiger partial charge in [0.05, 0.1) is 12.0 Å². The number of nitrogens with zero attached hydrogens (tertiary/aromatic N) is 5. The van der Waals surface area contributed by atoms with Crippen LogP contribution in [-0.2, 0) is 16.6 Å². The van der Waals surface area contributed by atoms with Gasteiger partial charge in [0, 0.05) is 63.8 Å². The van der Waals surface area contributed by atoms with Gasteiger partial charge in [-0.25, -0.2) is 4.98 Å². The van der Waals surface area contributed by atoms with Gasteiger partial charge in [-0.2, -0.15) is 30.2 Å². The zero-order valence-electron chi connectivity index (χ0n) is 18.2. The highest BCUT2D eigenvalue weighted by atomic mass is 32.2. The van der Waals surface area contributed by atoms with Crippen LogP contribution in [0.3, 0.4) is 0 Å². The fraction of sp³-hybridized carbons (Fsp3) is 0.429. The normalized spacial score (nSPS) is 16.1. The van der Waals surface area contributed by atoms with Crippen LogP contribution in [0.15, 0.2) is 41.1 Å². The number of hydrogen-bond acceptors (Lipinski definition) is 6. The molecule has 4 rings (SSSR count). The van der Waals surface area contributed by atoms with Crippen LogP contribution in [0.4, 0.5) is 19.0 Å². The van der Waals surface area contributed by atoms with E-state index in [4.69, 9.17) is 4.42 Å². The maximum Gasteiger partial charge on any atom is 0.389 e. The molecular formula is C21H24F3N5O3S. The molecule has 0 aliphatic carbocycles. The van der Waals surface area contributed by atoms with Gasteiger partial charge in [0.15, 0.2) is 5.82 Å². The highest BCUT2D eigenvalue weighted by Crippen LogP contribution is 2.32. The number of halogens is 3. The summed E-state index contributed by atoms with van der Waals surface area (Å²) in [6.45, 7) is 1.14. The minimum atomic E-state index is -4.29. The van der Waals surface area contributed by atoms with Crippen LogP contribution in [0.25, 0.3) is 22.2 Å². The Kier molecular flexibility index (Phi) is 6.34. The van der Waals surface area contributed by atoms with Crippen LogP contribution >= 0.6 is 0 Å². The second-order valence-electron chi connectivity index (χ2n) is 8.00. The highest BCUT2D eigenvalue weighted by Gasteiger charge is 2.31. The Morgan fingerprint density at radius 3 is 2.52 bits per heavy atom. The van der Waals surface area contributed by atoms with Crippen molar-refractivity contribution in [2.24, 2.45) is 0 Å². The summed E-state index contributed by atoms with van der Waals surface area (Å²) in [5.74, 6) is 0.444. The van der Waals surface area contributed by atoms with E-state index in [1.165, 1.54) is 24.6 Å². The largest absolute Gasteiger partial charge is 0.464 e. The lowest BCUT2D eigenvalue weighted by Crippen LogP contribution is -2.52. The monoisotopic (exact) mass is 483 g/mol. The predicted octanol–water partition coefficient (Wildman–Crippen LogP) is 3.31. The molecule has 1 saturated heterocycles. The smallest absolute Gasteiger partial charge is 0.389 e. The van der Waals surface area contributed by atoms with Gasteiger partial charge in [-0.1, -0.05) is 0 Å². The molecular weight excluding hydrogens is 459 g/mol. The summed E-state index contributed by atoms with van der Waals surface area (Å²) in [6.07, 6.45) is -2.61. The van der Waals surface area contributed by atoms with Crippen molar-refractivity contribution in [2.45, 2.75) is 19.0 Å². The van der Waals surface area contributed by atoms with E-state index in [1.54, 1.807) is 12.3 Å². The number of rotatable bonds is 6. The lowest BCUT2D eigenvalue weighted by atomic mass is 10.1. The Labute approximate surface area is 189 Å². The van der Waals surface area contributed by atoms with E-state index in [9.17, 15) is 21.6 Å². The number of aromatic nitrogens is 2. The molecule has 1 aliphatic rings. The molecule has 0 saturated carbocycles. The SMILES string of the molecule is CN(C)S(=O)(=O)N1CCN(c2nc(CCC(F)(F)F)cnc2-c2ccc3occc3c2)CC1. The third-order valence-corrected chi connectivity index (χ3v) is 7.46. The van der Waals surface area contributed by atoms with Crippen LogP contribution < -0.4 is 4.90 Å². The average Bonchev–Trinajstić information content (AvgIpc) is 3.25. The van der Waals surface area contributed by atoms with E-state index in [0.29, 0.717) is 30.2 Å². The van der Waals surface area contributed by atoms with Crippen LogP contribution in [0, 0.1) is 0 Å². The number of furan rings is 1. The molecule has 33 heavy (non-hydrogen) atoms. The number of piperazine rings is 1. The summed E-state index contributed by atoms with van der Waals surface area (Å²) in [6, 6.07) is 7.32. The molecule has 8 nitrogen and oxygen atoms in total. The first-order valence-electron chi connectivity index (χ1n) is 10.4. The van der Waals surface area contributed by atoms with E-state index in [2.05, 4.69) is 9.97 Å². The van der Waals surface area contributed by atoms with E-state index >= 15 is 0 Å². The number of benzene rings is 1. The summed E-state index contributed by atoms with van der Waals surface area (Å²) in [5.41, 5.74) is 2.21. The minimum absolute atomic E-state index is 0.231. The van der Waals surface area contributed by atoms with Gasteiger partial charge in [0.25, 0.3) is 10.2 Å². The van der Waals surface area contributed by atoms with Gasteiger partial charge in [-0.05, 0) is 30.7 Å². The average molecular weight is 484 g/mol. The zero-order valence-corrected chi connectivity index (χ0v) is 19.0. The second kappa shape index (κ2) is 8.92. The third kappa shape index (κ3) is 5.12. The summed E-state index contributed by atoms with van der Waals surface area (Å²) in [7, 11) is -0.603. The summed E-state index contributed by atoms with van der Waals surface area (Å²) in [4.78, 5) is 10.9. The molecule has 3 heterocycles. The topological polar surface area (TPSA) is 82.8 Å². The molecule has 1 fully saturated rings. The zero-order chi connectivity index (χ0) is 23.8. The molecule has 0 bridgehead atoms. The molecule has 1 aromatic carbocycles. The lowest BCUT2D eigenvalue weighted by molar-refractivity contribution is -0.134. The Hall–Kier alpha value is -2.70. The van der Waals surface area contributed by atoms with Crippen LogP contribution in [0.5, 0.6) is 0 Å². The fourth-order valence-electron chi connectivity index (χ4n) is 3.70. The number of hydrogen-bond donors (Lipinski definition) is 0. The maximum atomic E-state index is 12.7. The Morgan fingerprint density at radius 2 is 1.85 bits per heavy atom. The number of alkyl halides is 3.